The van der Waals surface area contributed by atoms with Crippen LogP contribution in [0, 0.1) is 11.8 Å². The molecule has 102 valence electrons. The number of carbonyl (C=O) groups is 2. The molecule has 1 N–H and O–H groups in total. The fourth-order valence-electron chi connectivity index (χ4n) is 1.94. The van der Waals surface area contributed by atoms with Gasteiger partial charge in [0, 0.05) is 11.6 Å². The Labute approximate surface area is 117 Å². The monoisotopic (exact) mass is 281 g/mol. The second-order valence-corrected chi connectivity index (χ2v) is 5.21. The molecule has 0 spiro atoms. The van der Waals surface area contributed by atoms with Gasteiger partial charge in [0.15, 0.2) is 0 Å². The van der Waals surface area contributed by atoms with E-state index in [-0.39, 0.29) is 17.4 Å². The number of carbonyl (C=O) groups excluding carboxylic acids is 2. The van der Waals surface area contributed by atoms with E-state index in [0.29, 0.717) is 16.6 Å². The fraction of sp³-hybridized carbons (Fsp3) is 0.429. The van der Waals surface area contributed by atoms with Crippen LogP contribution in [0.4, 0.5) is 5.69 Å². The highest BCUT2D eigenvalue weighted by atomic mass is 35.5. The number of amides is 1. The fourth-order valence-corrected chi connectivity index (χ4v) is 2.13. The molecule has 0 bridgehead atoms. The Kier molecular flexibility index (Phi) is 4.10. The van der Waals surface area contributed by atoms with E-state index >= 15 is 0 Å². The first-order valence-electron chi connectivity index (χ1n) is 6.21. The largest absolute Gasteiger partial charge is 0.465 e. The van der Waals surface area contributed by atoms with Crippen LogP contribution >= 0.6 is 11.6 Å². The van der Waals surface area contributed by atoms with Crippen molar-refractivity contribution in [2.45, 2.75) is 19.8 Å². The molecule has 1 atom stereocenters. The first-order valence-corrected chi connectivity index (χ1v) is 6.59. The summed E-state index contributed by atoms with van der Waals surface area (Å²) in [5, 5.41) is 3.11. The van der Waals surface area contributed by atoms with Crippen LogP contribution in [0.15, 0.2) is 18.2 Å². The van der Waals surface area contributed by atoms with Gasteiger partial charge in [-0.25, -0.2) is 4.79 Å². The zero-order valence-corrected chi connectivity index (χ0v) is 11.7. The molecule has 1 fully saturated rings. The number of methoxy groups -OCH3 is 1. The number of hydrogen-bond donors (Lipinski definition) is 1. The average molecular weight is 282 g/mol. The molecule has 4 nitrogen and oxygen atoms in total. The van der Waals surface area contributed by atoms with E-state index in [1.54, 1.807) is 12.1 Å². The molecule has 1 aromatic carbocycles. The Morgan fingerprint density at radius 2 is 2.11 bits per heavy atom. The molecule has 1 aliphatic carbocycles. The summed E-state index contributed by atoms with van der Waals surface area (Å²) in [5.41, 5.74) is 0.809. The maximum Gasteiger partial charge on any atom is 0.339 e. The van der Waals surface area contributed by atoms with Gasteiger partial charge in [-0.05, 0) is 37.0 Å². The molecule has 1 unspecified atom stereocenters. The van der Waals surface area contributed by atoms with Gasteiger partial charge in [-0.2, -0.15) is 0 Å². The molecule has 0 saturated heterocycles. The van der Waals surface area contributed by atoms with E-state index in [4.69, 9.17) is 11.6 Å². The third-order valence-corrected chi connectivity index (χ3v) is 3.71. The Morgan fingerprint density at radius 3 is 2.68 bits per heavy atom. The highest BCUT2D eigenvalue weighted by Gasteiger charge is 2.32. The van der Waals surface area contributed by atoms with Crippen molar-refractivity contribution in [2.75, 3.05) is 12.4 Å². The minimum absolute atomic E-state index is 0.00254. The Bertz CT molecular complexity index is 511. The van der Waals surface area contributed by atoms with Crippen LogP contribution in [-0.2, 0) is 9.53 Å². The molecule has 2 rings (SSSR count). The lowest BCUT2D eigenvalue weighted by atomic mass is 10.1. The summed E-state index contributed by atoms with van der Waals surface area (Å²) in [6.07, 6.45) is 2.23. The van der Waals surface area contributed by atoms with Crippen molar-refractivity contribution in [3.05, 3.63) is 28.8 Å². The van der Waals surface area contributed by atoms with Crippen LogP contribution < -0.4 is 5.32 Å². The summed E-state index contributed by atoms with van der Waals surface area (Å²) in [5.74, 6) is -0.0541. The number of anilines is 1. The first kappa shape index (κ1) is 13.9. The third kappa shape index (κ3) is 3.26. The summed E-state index contributed by atoms with van der Waals surface area (Å²) < 4.78 is 4.64. The number of hydrogen-bond acceptors (Lipinski definition) is 3. The zero-order valence-electron chi connectivity index (χ0n) is 10.9. The van der Waals surface area contributed by atoms with Gasteiger partial charge in [0.2, 0.25) is 5.91 Å². The van der Waals surface area contributed by atoms with Crippen LogP contribution in [0.1, 0.15) is 30.1 Å². The van der Waals surface area contributed by atoms with E-state index < -0.39 is 5.97 Å². The molecule has 0 radical (unpaired) electrons. The van der Waals surface area contributed by atoms with Gasteiger partial charge >= 0.3 is 5.97 Å². The van der Waals surface area contributed by atoms with Crippen molar-refractivity contribution in [3.8, 4) is 0 Å². The second-order valence-electron chi connectivity index (χ2n) is 4.80. The number of esters is 1. The van der Waals surface area contributed by atoms with E-state index in [9.17, 15) is 9.59 Å². The van der Waals surface area contributed by atoms with Crippen LogP contribution in [-0.4, -0.2) is 19.0 Å². The van der Waals surface area contributed by atoms with Gasteiger partial charge in [0.25, 0.3) is 0 Å². The maximum atomic E-state index is 12.0. The lowest BCUT2D eigenvalue weighted by molar-refractivity contribution is -0.119. The number of halogens is 1. The SMILES string of the molecule is COC(=O)c1cc(NC(=O)C(C)C2CC2)ccc1Cl. The van der Waals surface area contributed by atoms with Crippen molar-refractivity contribution < 1.29 is 14.3 Å². The van der Waals surface area contributed by atoms with Crippen LogP contribution in [0.2, 0.25) is 5.02 Å². The molecular weight excluding hydrogens is 266 g/mol. The third-order valence-electron chi connectivity index (χ3n) is 3.38. The Hall–Kier alpha value is -1.55. The second kappa shape index (κ2) is 5.61. The van der Waals surface area contributed by atoms with Gasteiger partial charge < -0.3 is 10.1 Å². The number of nitrogens with one attached hydrogen (secondary N) is 1. The summed E-state index contributed by atoms with van der Waals surface area (Å²) in [7, 11) is 1.29. The predicted molar refractivity (Wildman–Crippen MR) is 73.3 cm³/mol. The van der Waals surface area contributed by atoms with E-state index in [1.165, 1.54) is 13.2 Å². The average Bonchev–Trinajstić information content (AvgIpc) is 3.23. The standard InChI is InChI=1S/C14H16ClNO3/c1-8(9-3-4-9)13(17)16-10-5-6-12(15)11(7-10)14(18)19-2/h5-9H,3-4H2,1-2H3,(H,16,17). The van der Waals surface area contributed by atoms with Crippen LogP contribution in [0.3, 0.4) is 0 Å². The summed E-state index contributed by atoms with van der Waals surface area (Å²) >= 11 is 5.92. The lowest BCUT2D eigenvalue weighted by Crippen LogP contribution is -2.22. The Balaban J connectivity index is 2.12. The minimum Gasteiger partial charge on any atom is -0.465 e. The topological polar surface area (TPSA) is 55.4 Å². The minimum atomic E-state index is -0.517. The van der Waals surface area contributed by atoms with Crippen LogP contribution in [0.5, 0.6) is 0 Å². The van der Waals surface area contributed by atoms with E-state index in [0.717, 1.165) is 12.8 Å². The molecule has 1 aliphatic rings. The zero-order chi connectivity index (χ0) is 14.0. The van der Waals surface area contributed by atoms with E-state index in [1.807, 2.05) is 6.92 Å². The smallest absolute Gasteiger partial charge is 0.339 e. The molecule has 0 aliphatic heterocycles. The predicted octanol–water partition coefficient (Wildman–Crippen LogP) is 3.11. The molecule has 1 aromatic rings. The van der Waals surface area contributed by atoms with Crippen molar-refractivity contribution in [1.82, 2.24) is 0 Å². The number of benzene rings is 1. The van der Waals surface area contributed by atoms with Gasteiger partial charge in [-0.1, -0.05) is 18.5 Å². The molecule has 0 heterocycles. The van der Waals surface area contributed by atoms with Gasteiger partial charge in [0.05, 0.1) is 17.7 Å². The molecule has 0 aromatic heterocycles. The van der Waals surface area contributed by atoms with Gasteiger partial charge in [0.1, 0.15) is 0 Å². The van der Waals surface area contributed by atoms with Gasteiger partial charge in [-0.15, -0.1) is 0 Å². The van der Waals surface area contributed by atoms with Crippen LogP contribution in [0.25, 0.3) is 0 Å². The first-order chi connectivity index (χ1) is 9.02. The van der Waals surface area contributed by atoms with Gasteiger partial charge in [-0.3, -0.25) is 4.79 Å². The molecular formula is C14H16ClNO3. The van der Waals surface area contributed by atoms with Crippen molar-refractivity contribution in [1.29, 1.82) is 0 Å². The van der Waals surface area contributed by atoms with Crippen molar-refractivity contribution >= 4 is 29.2 Å². The summed E-state index contributed by atoms with van der Waals surface area (Å²) in [6, 6.07) is 4.78. The van der Waals surface area contributed by atoms with E-state index in [2.05, 4.69) is 10.1 Å². The maximum absolute atomic E-state index is 12.0. The molecule has 19 heavy (non-hydrogen) atoms. The Morgan fingerprint density at radius 1 is 1.42 bits per heavy atom. The van der Waals surface area contributed by atoms with Crippen molar-refractivity contribution in [2.24, 2.45) is 11.8 Å². The number of ether oxygens (including phenoxy) is 1. The normalized spacial score (nSPS) is 15.7. The molecule has 1 amide bonds. The molecule has 1 saturated carbocycles. The summed E-state index contributed by atoms with van der Waals surface area (Å²) in [6.45, 7) is 1.92. The summed E-state index contributed by atoms with van der Waals surface area (Å²) in [4.78, 5) is 23.5. The highest BCUT2D eigenvalue weighted by molar-refractivity contribution is 6.33. The highest BCUT2D eigenvalue weighted by Crippen LogP contribution is 2.37. The number of rotatable bonds is 4. The van der Waals surface area contributed by atoms with Crippen molar-refractivity contribution in [3.63, 3.8) is 0 Å². The molecule has 5 heteroatoms. The lowest BCUT2D eigenvalue weighted by Gasteiger charge is -2.12. The quantitative estimate of drug-likeness (QED) is 0.863.